The van der Waals surface area contributed by atoms with Crippen molar-refractivity contribution in [1.29, 1.82) is 0 Å². The van der Waals surface area contributed by atoms with E-state index in [1.165, 1.54) is 25.7 Å². The van der Waals surface area contributed by atoms with Crippen LogP contribution in [0, 0.1) is 12.8 Å². The fourth-order valence-electron chi connectivity index (χ4n) is 3.91. The molecule has 1 N–H and O–H groups in total. The molecule has 1 spiro atoms. The summed E-state index contributed by atoms with van der Waals surface area (Å²) >= 11 is 0. The molecule has 20 heavy (non-hydrogen) atoms. The maximum Gasteiger partial charge on any atom is 0.0759 e. The molecule has 2 heterocycles. The summed E-state index contributed by atoms with van der Waals surface area (Å²) in [6, 6.07) is 0.296. The van der Waals surface area contributed by atoms with Crippen molar-refractivity contribution < 1.29 is 4.74 Å². The van der Waals surface area contributed by atoms with E-state index in [2.05, 4.69) is 15.3 Å². The first kappa shape index (κ1) is 14.0. The zero-order chi connectivity index (χ0) is 14.0. The van der Waals surface area contributed by atoms with Crippen LogP contribution in [0.1, 0.15) is 56.0 Å². The first-order valence-corrected chi connectivity index (χ1v) is 7.82. The van der Waals surface area contributed by atoms with Gasteiger partial charge in [0.05, 0.1) is 29.2 Å². The molecule has 2 unspecified atom stereocenters. The lowest BCUT2D eigenvalue weighted by atomic mass is 9.80. The Balaban J connectivity index is 1.76. The second kappa shape index (κ2) is 5.78. The van der Waals surface area contributed by atoms with Crippen LogP contribution >= 0.6 is 0 Å². The van der Waals surface area contributed by atoms with Gasteiger partial charge in [-0.25, -0.2) is 0 Å². The van der Waals surface area contributed by atoms with Gasteiger partial charge in [0.2, 0.25) is 0 Å². The van der Waals surface area contributed by atoms with Gasteiger partial charge in [-0.15, -0.1) is 0 Å². The van der Waals surface area contributed by atoms with Gasteiger partial charge in [-0.3, -0.25) is 9.97 Å². The smallest absolute Gasteiger partial charge is 0.0759 e. The molecule has 0 bridgehead atoms. The Hall–Kier alpha value is -1.00. The quantitative estimate of drug-likeness (QED) is 0.921. The zero-order valence-corrected chi connectivity index (χ0v) is 12.6. The maximum absolute atomic E-state index is 6.14. The molecule has 1 saturated carbocycles. The highest BCUT2D eigenvalue weighted by molar-refractivity contribution is 5.09. The van der Waals surface area contributed by atoms with Crippen LogP contribution in [-0.4, -0.2) is 29.2 Å². The molecule has 4 nitrogen and oxygen atoms in total. The minimum atomic E-state index is 0.163. The van der Waals surface area contributed by atoms with E-state index >= 15 is 0 Å². The van der Waals surface area contributed by atoms with Crippen molar-refractivity contribution in [2.45, 2.75) is 57.1 Å². The van der Waals surface area contributed by atoms with Gasteiger partial charge < -0.3 is 10.1 Å². The molecule has 4 heteroatoms. The van der Waals surface area contributed by atoms with Crippen LogP contribution in [-0.2, 0) is 4.74 Å². The van der Waals surface area contributed by atoms with Crippen LogP contribution in [0.3, 0.4) is 0 Å². The Labute approximate surface area is 121 Å². The SMILES string of the molecule is CNC(c1cnc(C)cn1)C1CCOC2(CCCC2)C1. The monoisotopic (exact) mass is 275 g/mol. The van der Waals surface area contributed by atoms with Gasteiger partial charge in [-0.1, -0.05) is 12.8 Å². The fraction of sp³-hybridized carbons (Fsp3) is 0.750. The van der Waals surface area contributed by atoms with Gasteiger partial charge in [-0.05, 0) is 45.6 Å². The lowest BCUT2D eigenvalue weighted by molar-refractivity contribution is -0.0981. The van der Waals surface area contributed by atoms with E-state index < -0.39 is 0 Å². The normalized spacial score (nSPS) is 26.8. The Bertz CT molecular complexity index is 440. The van der Waals surface area contributed by atoms with E-state index in [9.17, 15) is 0 Å². The predicted molar refractivity (Wildman–Crippen MR) is 78.4 cm³/mol. The van der Waals surface area contributed by atoms with Gasteiger partial charge in [0.25, 0.3) is 0 Å². The van der Waals surface area contributed by atoms with Crippen LogP contribution < -0.4 is 5.32 Å². The molecule has 110 valence electrons. The van der Waals surface area contributed by atoms with Crippen molar-refractivity contribution in [2.24, 2.45) is 5.92 Å². The second-order valence-corrected chi connectivity index (χ2v) is 6.34. The van der Waals surface area contributed by atoms with Crippen molar-refractivity contribution in [3.8, 4) is 0 Å². The number of aryl methyl sites for hydroxylation is 1. The summed E-state index contributed by atoms with van der Waals surface area (Å²) in [4.78, 5) is 8.97. The zero-order valence-electron chi connectivity index (χ0n) is 12.6. The van der Waals surface area contributed by atoms with Crippen LogP contribution in [0.5, 0.6) is 0 Å². The topological polar surface area (TPSA) is 47.0 Å². The van der Waals surface area contributed by atoms with Crippen LogP contribution in [0.25, 0.3) is 0 Å². The Morgan fingerprint density at radius 3 is 2.75 bits per heavy atom. The number of aromatic nitrogens is 2. The Morgan fingerprint density at radius 1 is 1.30 bits per heavy atom. The molecular weight excluding hydrogens is 250 g/mol. The van der Waals surface area contributed by atoms with E-state index in [1.807, 2.05) is 26.4 Å². The molecule has 3 rings (SSSR count). The molecule has 0 amide bonds. The molecule has 1 saturated heterocycles. The molecular formula is C16H25N3O. The van der Waals surface area contributed by atoms with Crippen molar-refractivity contribution >= 4 is 0 Å². The van der Waals surface area contributed by atoms with Crippen molar-refractivity contribution in [1.82, 2.24) is 15.3 Å². The van der Waals surface area contributed by atoms with Gasteiger partial charge in [-0.2, -0.15) is 0 Å². The van der Waals surface area contributed by atoms with Gasteiger partial charge in [0, 0.05) is 12.8 Å². The Kier molecular flexibility index (Phi) is 4.03. The summed E-state index contributed by atoms with van der Waals surface area (Å²) in [6.07, 6.45) is 11.2. The molecule has 1 aliphatic heterocycles. The molecule has 1 aromatic rings. The third-order valence-electron chi connectivity index (χ3n) is 4.95. The molecule has 0 aromatic carbocycles. The summed E-state index contributed by atoms with van der Waals surface area (Å²) in [6.45, 7) is 2.87. The molecule has 2 aliphatic rings. The van der Waals surface area contributed by atoms with Crippen molar-refractivity contribution in [3.05, 3.63) is 23.8 Å². The molecule has 1 aromatic heterocycles. The maximum atomic E-state index is 6.14. The molecule has 0 radical (unpaired) electrons. The van der Waals surface area contributed by atoms with Gasteiger partial charge >= 0.3 is 0 Å². The van der Waals surface area contributed by atoms with Crippen molar-refractivity contribution in [3.63, 3.8) is 0 Å². The van der Waals surface area contributed by atoms with Crippen LogP contribution in [0.15, 0.2) is 12.4 Å². The summed E-state index contributed by atoms with van der Waals surface area (Å²) in [5, 5.41) is 3.46. The predicted octanol–water partition coefficient (Wildman–Crippen LogP) is 2.78. The van der Waals surface area contributed by atoms with Crippen LogP contribution in [0.2, 0.25) is 0 Å². The highest BCUT2D eigenvalue weighted by Gasteiger charge is 2.42. The lowest BCUT2D eigenvalue weighted by Gasteiger charge is -2.41. The largest absolute Gasteiger partial charge is 0.375 e. The van der Waals surface area contributed by atoms with E-state index in [-0.39, 0.29) is 5.60 Å². The number of ether oxygens (including phenoxy) is 1. The lowest BCUT2D eigenvalue weighted by Crippen LogP contribution is -2.41. The minimum Gasteiger partial charge on any atom is -0.375 e. The number of hydrogen-bond donors (Lipinski definition) is 1. The third-order valence-corrected chi connectivity index (χ3v) is 4.95. The summed E-state index contributed by atoms with van der Waals surface area (Å²) in [5.41, 5.74) is 2.21. The first-order chi connectivity index (χ1) is 9.72. The minimum absolute atomic E-state index is 0.163. The summed E-state index contributed by atoms with van der Waals surface area (Å²) in [5.74, 6) is 0.601. The molecule has 2 atom stereocenters. The fourth-order valence-corrected chi connectivity index (χ4v) is 3.91. The average Bonchev–Trinajstić information content (AvgIpc) is 2.90. The number of rotatable bonds is 3. The standard InChI is InChI=1S/C16H25N3O/c1-12-10-19-14(11-18-12)15(17-2)13-5-8-20-16(9-13)6-3-4-7-16/h10-11,13,15,17H,3-9H2,1-2H3. The number of hydrogen-bond acceptors (Lipinski definition) is 4. The summed E-state index contributed by atoms with van der Waals surface area (Å²) < 4.78 is 6.14. The van der Waals surface area contributed by atoms with E-state index in [0.717, 1.165) is 30.8 Å². The number of nitrogens with zero attached hydrogens (tertiary/aromatic N) is 2. The first-order valence-electron chi connectivity index (χ1n) is 7.82. The molecule has 2 fully saturated rings. The number of nitrogens with one attached hydrogen (secondary N) is 1. The van der Waals surface area contributed by atoms with Gasteiger partial charge in [0.1, 0.15) is 0 Å². The highest BCUT2D eigenvalue weighted by atomic mass is 16.5. The second-order valence-electron chi connectivity index (χ2n) is 6.34. The average molecular weight is 275 g/mol. The highest BCUT2D eigenvalue weighted by Crippen LogP contribution is 2.44. The third kappa shape index (κ3) is 2.72. The molecule has 1 aliphatic carbocycles. The van der Waals surface area contributed by atoms with Crippen LogP contribution in [0.4, 0.5) is 0 Å². The Morgan fingerprint density at radius 2 is 2.10 bits per heavy atom. The van der Waals surface area contributed by atoms with E-state index in [1.54, 1.807) is 0 Å². The van der Waals surface area contributed by atoms with Gasteiger partial charge in [0.15, 0.2) is 0 Å². The summed E-state index contributed by atoms with van der Waals surface area (Å²) in [7, 11) is 2.03. The van der Waals surface area contributed by atoms with Crippen molar-refractivity contribution in [2.75, 3.05) is 13.7 Å². The van der Waals surface area contributed by atoms with E-state index in [4.69, 9.17) is 4.74 Å². The van der Waals surface area contributed by atoms with E-state index in [0.29, 0.717) is 12.0 Å².